The number of benzene rings is 1. The second-order valence-corrected chi connectivity index (χ2v) is 7.34. The molecule has 0 radical (unpaired) electrons. The molecule has 1 aromatic heterocycles. The van der Waals surface area contributed by atoms with Gasteiger partial charge in [-0.2, -0.15) is 5.10 Å². The third kappa shape index (κ3) is 3.24. The van der Waals surface area contributed by atoms with E-state index >= 15 is 0 Å². The van der Waals surface area contributed by atoms with Crippen molar-refractivity contribution in [2.45, 2.75) is 37.8 Å². The number of alkyl halides is 2. The van der Waals surface area contributed by atoms with E-state index in [2.05, 4.69) is 5.10 Å². The standard InChI is InChI=1S/C17H16ClF3N4O2/c18-11-5-4-10(6-12(11)19)7-24-16(27)25-13(2-1-3-14(25)22-24)15(26)23-8-17(20,21)9-23/h4-6,13H,1-3,7-9H2. The maximum Gasteiger partial charge on any atom is 0.346 e. The Morgan fingerprint density at radius 3 is 2.74 bits per heavy atom. The molecule has 1 unspecified atom stereocenters. The van der Waals surface area contributed by atoms with Gasteiger partial charge in [-0.05, 0) is 30.5 Å². The van der Waals surface area contributed by atoms with Gasteiger partial charge >= 0.3 is 5.69 Å². The number of aryl methyl sites for hydroxylation is 1. The highest BCUT2D eigenvalue weighted by Gasteiger charge is 2.48. The molecule has 1 atom stereocenters. The van der Waals surface area contributed by atoms with Gasteiger partial charge in [0.25, 0.3) is 5.92 Å². The number of rotatable bonds is 3. The minimum Gasteiger partial charge on any atom is -0.329 e. The van der Waals surface area contributed by atoms with Crippen LogP contribution in [0.25, 0.3) is 0 Å². The summed E-state index contributed by atoms with van der Waals surface area (Å²) in [5, 5.41) is 4.23. The van der Waals surface area contributed by atoms with E-state index in [1.54, 1.807) is 6.07 Å². The third-order valence-electron chi connectivity index (χ3n) is 4.89. The van der Waals surface area contributed by atoms with Crippen LogP contribution in [0.5, 0.6) is 0 Å². The van der Waals surface area contributed by atoms with Gasteiger partial charge in [-0.3, -0.25) is 9.36 Å². The number of halogens is 4. The Balaban J connectivity index is 1.61. The predicted molar refractivity (Wildman–Crippen MR) is 90.5 cm³/mol. The summed E-state index contributed by atoms with van der Waals surface area (Å²) in [5.74, 6) is -3.51. The molecular formula is C17H16ClF3N4O2. The Kier molecular flexibility index (Phi) is 4.29. The molecule has 2 aromatic rings. The highest BCUT2D eigenvalue weighted by atomic mass is 35.5. The highest BCUT2D eigenvalue weighted by Crippen LogP contribution is 2.31. The van der Waals surface area contributed by atoms with E-state index in [1.165, 1.54) is 16.7 Å². The zero-order chi connectivity index (χ0) is 19.3. The van der Waals surface area contributed by atoms with Crippen LogP contribution in [0.15, 0.2) is 23.0 Å². The molecule has 0 aliphatic carbocycles. The predicted octanol–water partition coefficient (Wildman–Crippen LogP) is 2.24. The smallest absolute Gasteiger partial charge is 0.329 e. The Morgan fingerprint density at radius 2 is 2.07 bits per heavy atom. The Morgan fingerprint density at radius 1 is 1.33 bits per heavy atom. The fourth-order valence-electron chi connectivity index (χ4n) is 3.56. The number of amides is 1. The second kappa shape index (κ2) is 6.40. The lowest BCUT2D eigenvalue weighted by Gasteiger charge is -2.41. The Bertz CT molecular complexity index is 964. The van der Waals surface area contributed by atoms with Crippen molar-refractivity contribution in [3.63, 3.8) is 0 Å². The number of hydrogen-bond acceptors (Lipinski definition) is 3. The lowest BCUT2D eigenvalue weighted by molar-refractivity contribution is -0.169. The first-order chi connectivity index (χ1) is 12.7. The monoisotopic (exact) mass is 400 g/mol. The van der Waals surface area contributed by atoms with Crippen molar-refractivity contribution in [1.82, 2.24) is 19.2 Å². The van der Waals surface area contributed by atoms with Crippen LogP contribution in [0.2, 0.25) is 5.02 Å². The van der Waals surface area contributed by atoms with Gasteiger partial charge in [0.1, 0.15) is 17.7 Å². The summed E-state index contributed by atoms with van der Waals surface area (Å²) in [4.78, 5) is 26.4. The molecule has 4 rings (SSSR count). The largest absolute Gasteiger partial charge is 0.346 e. The lowest BCUT2D eigenvalue weighted by Crippen LogP contribution is -2.60. The van der Waals surface area contributed by atoms with Crippen LogP contribution in [0.1, 0.15) is 30.3 Å². The number of carbonyl (C=O) groups is 1. The van der Waals surface area contributed by atoms with Crippen LogP contribution in [-0.4, -0.2) is 44.2 Å². The molecule has 6 nitrogen and oxygen atoms in total. The van der Waals surface area contributed by atoms with Crippen LogP contribution in [0.4, 0.5) is 13.2 Å². The third-order valence-corrected chi connectivity index (χ3v) is 5.19. The molecule has 0 spiro atoms. The molecule has 0 bridgehead atoms. The van der Waals surface area contributed by atoms with E-state index in [0.29, 0.717) is 30.7 Å². The van der Waals surface area contributed by atoms with Crippen molar-refractivity contribution in [3.8, 4) is 0 Å². The molecule has 10 heteroatoms. The molecular weight excluding hydrogens is 385 g/mol. The molecule has 1 aromatic carbocycles. The summed E-state index contributed by atoms with van der Waals surface area (Å²) >= 11 is 5.66. The van der Waals surface area contributed by atoms with E-state index in [0.717, 1.165) is 9.58 Å². The zero-order valence-electron chi connectivity index (χ0n) is 14.2. The quantitative estimate of drug-likeness (QED) is 0.794. The Labute approximate surface area is 157 Å². The SMILES string of the molecule is O=C(C1CCCc2nn(Cc3ccc(Cl)c(F)c3)c(=O)n21)N1CC(F)(F)C1. The highest BCUT2D eigenvalue weighted by molar-refractivity contribution is 6.30. The van der Waals surface area contributed by atoms with Crippen molar-refractivity contribution >= 4 is 17.5 Å². The van der Waals surface area contributed by atoms with Crippen molar-refractivity contribution in [3.05, 3.63) is 50.9 Å². The maximum atomic E-state index is 13.6. The Hall–Kier alpha value is -2.29. The van der Waals surface area contributed by atoms with Gasteiger partial charge in [0.2, 0.25) is 5.91 Å². The summed E-state index contributed by atoms with van der Waals surface area (Å²) in [7, 11) is 0. The van der Waals surface area contributed by atoms with Crippen molar-refractivity contribution in [2.24, 2.45) is 0 Å². The van der Waals surface area contributed by atoms with Gasteiger partial charge in [0, 0.05) is 6.42 Å². The molecule has 3 heterocycles. The molecule has 144 valence electrons. The van der Waals surface area contributed by atoms with E-state index in [4.69, 9.17) is 11.6 Å². The van der Waals surface area contributed by atoms with Gasteiger partial charge in [-0.1, -0.05) is 17.7 Å². The lowest BCUT2D eigenvalue weighted by atomic mass is 10.0. The normalized spacial score (nSPS) is 20.9. The molecule has 27 heavy (non-hydrogen) atoms. The van der Waals surface area contributed by atoms with Crippen LogP contribution >= 0.6 is 11.6 Å². The maximum absolute atomic E-state index is 13.6. The fraction of sp³-hybridized carbons (Fsp3) is 0.471. The van der Waals surface area contributed by atoms with Gasteiger partial charge in [-0.15, -0.1) is 0 Å². The van der Waals surface area contributed by atoms with Gasteiger partial charge < -0.3 is 4.90 Å². The molecule has 0 saturated carbocycles. The molecule has 2 aliphatic rings. The van der Waals surface area contributed by atoms with Crippen LogP contribution in [-0.2, 0) is 17.8 Å². The van der Waals surface area contributed by atoms with Crippen LogP contribution in [0.3, 0.4) is 0 Å². The van der Waals surface area contributed by atoms with Crippen LogP contribution in [0, 0.1) is 5.82 Å². The average molecular weight is 401 g/mol. The number of fused-ring (bicyclic) bond motifs is 1. The number of likely N-dealkylation sites (tertiary alicyclic amines) is 1. The van der Waals surface area contributed by atoms with E-state index in [-0.39, 0.29) is 11.6 Å². The first-order valence-corrected chi connectivity index (χ1v) is 8.92. The molecule has 2 aliphatic heterocycles. The number of carbonyl (C=O) groups excluding carboxylic acids is 1. The summed E-state index contributed by atoms with van der Waals surface area (Å²) in [6.45, 7) is -1.22. The van der Waals surface area contributed by atoms with Crippen molar-refractivity contribution < 1.29 is 18.0 Å². The fourth-order valence-corrected chi connectivity index (χ4v) is 3.68. The minimum absolute atomic E-state index is 0.0211. The number of aromatic nitrogens is 3. The summed E-state index contributed by atoms with van der Waals surface area (Å²) in [5.41, 5.74) is -0.00889. The molecule has 0 N–H and O–H groups in total. The van der Waals surface area contributed by atoms with Gasteiger partial charge in [0.15, 0.2) is 0 Å². The summed E-state index contributed by atoms with van der Waals surface area (Å²) in [6, 6.07) is 3.37. The zero-order valence-corrected chi connectivity index (χ0v) is 14.9. The van der Waals surface area contributed by atoms with E-state index < -0.39 is 42.5 Å². The molecule has 1 saturated heterocycles. The topological polar surface area (TPSA) is 60.1 Å². The van der Waals surface area contributed by atoms with Crippen molar-refractivity contribution in [1.29, 1.82) is 0 Å². The molecule has 1 amide bonds. The number of hydrogen-bond donors (Lipinski definition) is 0. The van der Waals surface area contributed by atoms with Crippen LogP contribution < -0.4 is 5.69 Å². The first kappa shape index (κ1) is 18.1. The summed E-state index contributed by atoms with van der Waals surface area (Å²) in [6.07, 6.45) is 1.54. The average Bonchev–Trinajstić information content (AvgIpc) is 2.91. The van der Waals surface area contributed by atoms with E-state index in [1.807, 2.05) is 0 Å². The summed E-state index contributed by atoms with van der Waals surface area (Å²) < 4.78 is 42.2. The second-order valence-electron chi connectivity index (χ2n) is 6.93. The number of nitrogens with zero attached hydrogens (tertiary/aromatic N) is 4. The van der Waals surface area contributed by atoms with Crippen molar-refractivity contribution in [2.75, 3.05) is 13.1 Å². The minimum atomic E-state index is -2.86. The van der Waals surface area contributed by atoms with E-state index in [9.17, 15) is 22.8 Å². The van der Waals surface area contributed by atoms with Gasteiger partial charge in [-0.25, -0.2) is 22.6 Å². The molecule has 1 fully saturated rings. The first-order valence-electron chi connectivity index (χ1n) is 8.54. The van der Waals surface area contributed by atoms with Gasteiger partial charge in [0.05, 0.1) is 24.7 Å².